The van der Waals surface area contributed by atoms with E-state index >= 15 is 0 Å². The molecule has 136 valence electrons. The number of hydrogen-bond donors (Lipinski definition) is 1. The molecule has 0 amide bonds. The van der Waals surface area contributed by atoms with Gasteiger partial charge < -0.3 is 5.32 Å². The Kier molecular flexibility index (Phi) is 5.19. The largest absolute Gasteiger partial charge is 0.423 e. The zero-order valence-corrected chi connectivity index (χ0v) is 12.8. The molecule has 0 spiro atoms. The Morgan fingerprint density at radius 3 is 2.12 bits per heavy atom. The Labute approximate surface area is 143 Å². The number of anilines is 1. The van der Waals surface area contributed by atoms with Gasteiger partial charge in [0.05, 0.1) is 16.4 Å². The molecular formula is C15H10F3N3O5. The number of nitro groups is 2. The minimum atomic E-state index is -4.93. The molecule has 26 heavy (non-hydrogen) atoms. The van der Waals surface area contributed by atoms with Crippen molar-refractivity contribution >= 4 is 22.8 Å². The topological polar surface area (TPSA) is 115 Å². The normalized spacial score (nSPS) is 11.0. The molecule has 1 N–H and O–H groups in total. The van der Waals surface area contributed by atoms with Crippen molar-refractivity contribution in [2.75, 3.05) is 11.9 Å². The number of alkyl halides is 3. The van der Waals surface area contributed by atoms with Crippen molar-refractivity contribution in [1.82, 2.24) is 0 Å². The fourth-order valence-corrected chi connectivity index (χ4v) is 2.09. The molecule has 0 radical (unpaired) electrons. The zero-order chi connectivity index (χ0) is 19.5. The molecule has 0 atom stereocenters. The van der Waals surface area contributed by atoms with Gasteiger partial charge in [-0.1, -0.05) is 0 Å². The van der Waals surface area contributed by atoms with Crippen LogP contribution in [0, 0.1) is 20.2 Å². The summed E-state index contributed by atoms with van der Waals surface area (Å²) < 4.78 is 38.7. The number of Topliss-reactive ketones (excluding diaryl/α,β-unsaturated/α-hetero) is 1. The molecule has 0 fully saturated rings. The lowest BCUT2D eigenvalue weighted by molar-refractivity contribution is -0.388. The summed E-state index contributed by atoms with van der Waals surface area (Å²) in [5.74, 6) is -0.521. The Balaban J connectivity index is 2.15. The van der Waals surface area contributed by atoms with Gasteiger partial charge in [0, 0.05) is 29.4 Å². The third-order valence-corrected chi connectivity index (χ3v) is 3.35. The fraction of sp³-hybridized carbons (Fsp3) is 0.133. The van der Waals surface area contributed by atoms with Crippen molar-refractivity contribution in [3.8, 4) is 0 Å². The Morgan fingerprint density at radius 1 is 1.00 bits per heavy atom. The summed E-state index contributed by atoms with van der Waals surface area (Å²) in [4.78, 5) is 31.5. The summed E-state index contributed by atoms with van der Waals surface area (Å²) in [6, 6.07) is 6.99. The fourth-order valence-electron chi connectivity index (χ4n) is 2.09. The van der Waals surface area contributed by atoms with Gasteiger partial charge in [-0.15, -0.1) is 0 Å². The number of non-ortho nitro benzene ring substituents is 1. The third kappa shape index (κ3) is 4.32. The van der Waals surface area contributed by atoms with E-state index in [2.05, 4.69) is 5.32 Å². The van der Waals surface area contributed by atoms with Crippen molar-refractivity contribution in [1.29, 1.82) is 0 Å². The highest BCUT2D eigenvalue weighted by molar-refractivity contribution is 5.99. The summed E-state index contributed by atoms with van der Waals surface area (Å²) in [6.07, 6.45) is -4.93. The quantitative estimate of drug-likeness (QED) is 0.470. The van der Waals surface area contributed by atoms with Gasteiger partial charge >= 0.3 is 6.18 Å². The molecule has 0 aromatic heterocycles. The molecule has 0 saturated carbocycles. The number of benzene rings is 2. The molecule has 0 saturated heterocycles. The number of halogens is 3. The van der Waals surface area contributed by atoms with E-state index in [-0.39, 0.29) is 16.9 Å². The Hall–Kier alpha value is -3.50. The molecule has 2 aromatic rings. The number of rotatable bonds is 6. The van der Waals surface area contributed by atoms with E-state index in [1.54, 1.807) is 0 Å². The smallest absolute Gasteiger partial charge is 0.378 e. The Bertz CT molecular complexity index is 866. The van der Waals surface area contributed by atoms with Gasteiger partial charge in [-0.05, 0) is 24.3 Å². The number of ketones is 1. The predicted octanol–water partition coefficient (Wildman–Crippen LogP) is 3.82. The van der Waals surface area contributed by atoms with Gasteiger partial charge in [0.1, 0.15) is 5.56 Å². The van der Waals surface area contributed by atoms with E-state index in [0.717, 1.165) is 18.2 Å². The average Bonchev–Trinajstić information content (AvgIpc) is 2.58. The second kappa shape index (κ2) is 7.17. The highest BCUT2D eigenvalue weighted by Crippen LogP contribution is 2.37. The van der Waals surface area contributed by atoms with Crippen LogP contribution < -0.4 is 5.32 Å². The van der Waals surface area contributed by atoms with Crippen molar-refractivity contribution < 1.29 is 27.8 Å². The maximum Gasteiger partial charge on any atom is 0.423 e. The van der Waals surface area contributed by atoms with Crippen LogP contribution >= 0.6 is 0 Å². The highest BCUT2D eigenvalue weighted by atomic mass is 19.4. The van der Waals surface area contributed by atoms with E-state index in [9.17, 15) is 38.2 Å². The first-order chi connectivity index (χ1) is 12.1. The molecule has 0 aliphatic rings. The van der Waals surface area contributed by atoms with E-state index in [1.807, 2.05) is 0 Å². The van der Waals surface area contributed by atoms with Crippen LogP contribution in [0.3, 0.4) is 0 Å². The molecule has 0 bridgehead atoms. The van der Waals surface area contributed by atoms with Crippen molar-refractivity contribution in [2.24, 2.45) is 0 Å². The second-order valence-electron chi connectivity index (χ2n) is 5.07. The summed E-state index contributed by atoms with van der Waals surface area (Å²) in [5.41, 5.74) is -2.74. The van der Waals surface area contributed by atoms with Gasteiger partial charge in [0.2, 0.25) is 0 Å². The van der Waals surface area contributed by atoms with E-state index in [4.69, 9.17) is 0 Å². The monoisotopic (exact) mass is 369 g/mol. The van der Waals surface area contributed by atoms with Gasteiger partial charge in [-0.25, -0.2) is 0 Å². The van der Waals surface area contributed by atoms with Crippen LogP contribution in [0.15, 0.2) is 42.5 Å². The summed E-state index contributed by atoms with van der Waals surface area (Å²) in [7, 11) is 0. The lowest BCUT2D eigenvalue weighted by atomic mass is 10.1. The summed E-state index contributed by atoms with van der Waals surface area (Å²) in [5, 5.41) is 23.7. The van der Waals surface area contributed by atoms with Gasteiger partial charge in [-0.2, -0.15) is 13.2 Å². The summed E-state index contributed by atoms with van der Waals surface area (Å²) >= 11 is 0. The minimum absolute atomic E-state index is 0.126. The van der Waals surface area contributed by atoms with E-state index < -0.39 is 39.6 Å². The first kappa shape index (κ1) is 18.8. The number of nitrogens with one attached hydrogen (secondary N) is 1. The van der Waals surface area contributed by atoms with Crippen molar-refractivity contribution in [2.45, 2.75) is 6.18 Å². The van der Waals surface area contributed by atoms with Gasteiger partial charge in [-0.3, -0.25) is 25.0 Å². The Morgan fingerprint density at radius 2 is 1.62 bits per heavy atom. The highest BCUT2D eigenvalue weighted by Gasteiger charge is 2.38. The zero-order valence-electron chi connectivity index (χ0n) is 12.8. The third-order valence-electron chi connectivity index (χ3n) is 3.35. The molecule has 8 nitrogen and oxygen atoms in total. The second-order valence-corrected chi connectivity index (χ2v) is 5.07. The maximum absolute atomic E-state index is 12.9. The number of carbonyl (C=O) groups is 1. The van der Waals surface area contributed by atoms with Crippen LogP contribution in [0.4, 0.5) is 30.2 Å². The molecule has 0 unspecified atom stereocenters. The van der Waals surface area contributed by atoms with E-state index in [1.165, 1.54) is 12.1 Å². The summed E-state index contributed by atoms with van der Waals surface area (Å²) in [6.45, 7) is -0.396. The molecule has 2 rings (SSSR count). The molecular weight excluding hydrogens is 359 g/mol. The van der Waals surface area contributed by atoms with Crippen LogP contribution in [0.5, 0.6) is 0 Å². The first-order valence-corrected chi connectivity index (χ1v) is 6.97. The molecule has 2 aromatic carbocycles. The van der Waals surface area contributed by atoms with Crippen LogP contribution in [0.25, 0.3) is 0 Å². The van der Waals surface area contributed by atoms with Crippen LogP contribution in [0.1, 0.15) is 15.9 Å². The number of hydrogen-bond acceptors (Lipinski definition) is 6. The number of nitrogens with zero attached hydrogens (tertiary/aromatic N) is 2. The standard InChI is InChI=1S/C15H10F3N3O5/c16-15(17,18)12-7-10(3-6-13(12)21(25)26)19-8-14(22)9-1-4-11(5-2-9)20(23)24/h1-7,19H,8H2. The van der Waals surface area contributed by atoms with Crippen molar-refractivity contribution in [3.63, 3.8) is 0 Å². The minimum Gasteiger partial charge on any atom is -0.378 e. The van der Waals surface area contributed by atoms with E-state index in [0.29, 0.717) is 12.1 Å². The number of nitro benzene ring substituents is 2. The SMILES string of the molecule is O=C(CNc1ccc([N+](=O)[O-])c(C(F)(F)F)c1)c1ccc([N+](=O)[O-])cc1. The lowest BCUT2D eigenvalue weighted by Gasteiger charge is -2.11. The molecule has 0 heterocycles. The molecule has 0 aliphatic carbocycles. The molecule has 0 aliphatic heterocycles. The molecule has 11 heteroatoms. The van der Waals surface area contributed by atoms with Crippen LogP contribution in [-0.2, 0) is 6.18 Å². The first-order valence-electron chi connectivity index (χ1n) is 6.97. The van der Waals surface area contributed by atoms with Gasteiger partial charge in [0.15, 0.2) is 5.78 Å². The van der Waals surface area contributed by atoms with Crippen LogP contribution in [-0.4, -0.2) is 22.2 Å². The van der Waals surface area contributed by atoms with Crippen LogP contribution in [0.2, 0.25) is 0 Å². The predicted molar refractivity (Wildman–Crippen MR) is 84.0 cm³/mol. The number of carbonyl (C=O) groups excluding carboxylic acids is 1. The van der Waals surface area contributed by atoms with Gasteiger partial charge in [0.25, 0.3) is 11.4 Å². The maximum atomic E-state index is 12.9. The average molecular weight is 369 g/mol. The lowest BCUT2D eigenvalue weighted by Crippen LogP contribution is -2.15. The van der Waals surface area contributed by atoms with Crippen molar-refractivity contribution in [3.05, 3.63) is 73.8 Å².